The minimum absolute atomic E-state index is 0.219. The van der Waals surface area contributed by atoms with Gasteiger partial charge in [0.15, 0.2) is 0 Å². The van der Waals surface area contributed by atoms with Gasteiger partial charge in [0.05, 0.1) is 33.1 Å². The molecule has 4 aromatic carbocycles. The summed E-state index contributed by atoms with van der Waals surface area (Å²) in [4.78, 5) is 33.5. The average Bonchev–Trinajstić information content (AvgIpc) is 3.58. The first-order valence-electron chi connectivity index (χ1n) is 11.0. The van der Waals surface area contributed by atoms with E-state index in [-0.39, 0.29) is 5.69 Å². The largest absolute Gasteiger partial charge is 0.338 e. The number of imidazole rings is 3. The van der Waals surface area contributed by atoms with Crippen LogP contribution in [-0.2, 0) is 0 Å². The van der Waals surface area contributed by atoms with Crippen molar-refractivity contribution in [3.63, 3.8) is 0 Å². The van der Waals surface area contributed by atoms with Gasteiger partial charge in [-0.05, 0) is 59.7 Å². The predicted octanol–water partition coefficient (Wildman–Crippen LogP) is 5.61. The molecule has 3 heterocycles. The van der Waals surface area contributed by atoms with Gasteiger partial charge in [0, 0.05) is 11.1 Å². The number of hydrogen-bond acceptors (Lipinski definition) is 3. The summed E-state index contributed by atoms with van der Waals surface area (Å²) < 4.78 is 0. The second-order valence-electron chi connectivity index (χ2n) is 8.34. The van der Waals surface area contributed by atoms with Gasteiger partial charge in [0.1, 0.15) is 11.6 Å². The first-order chi connectivity index (χ1) is 16.7. The Balaban J connectivity index is 1.27. The van der Waals surface area contributed by atoms with Crippen LogP contribution in [0.3, 0.4) is 0 Å². The molecule has 0 atom stereocenters. The highest BCUT2D eigenvalue weighted by Gasteiger charge is 2.11. The van der Waals surface area contributed by atoms with Crippen molar-refractivity contribution in [1.82, 2.24) is 29.9 Å². The number of nitrogens with one attached hydrogen (secondary N) is 4. The Labute approximate surface area is 192 Å². The van der Waals surface area contributed by atoms with E-state index in [1.165, 1.54) is 5.56 Å². The summed E-state index contributed by atoms with van der Waals surface area (Å²) in [6, 6.07) is 28.4. The van der Waals surface area contributed by atoms with Crippen LogP contribution in [0.25, 0.3) is 67.0 Å². The van der Waals surface area contributed by atoms with Crippen LogP contribution in [0.5, 0.6) is 0 Å². The van der Waals surface area contributed by atoms with Crippen LogP contribution < -0.4 is 5.69 Å². The third-order valence-corrected chi connectivity index (χ3v) is 6.13. The van der Waals surface area contributed by atoms with Crippen molar-refractivity contribution in [3.05, 3.63) is 95.4 Å². The summed E-state index contributed by atoms with van der Waals surface area (Å²) in [5, 5.41) is 0. The monoisotopic (exact) mass is 442 g/mol. The molecule has 0 fully saturated rings. The Hall–Kier alpha value is -4.91. The van der Waals surface area contributed by atoms with Crippen molar-refractivity contribution in [3.8, 4) is 33.9 Å². The maximum absolute atomic E-state index is 11.6. The van der Waals surface area contributed by atoms with Gasteiger partial charge in [-0.2, -0.15) is 0 Å². The second kappa shape index (κ2) is 7.05. The molecule has 34 heavy (non-hydrogen) atoms. The normalized spacial score (nSPS) is 11.6. The smallest absolute Gasteiger partial charge is 0.323 e. The quantitative estimate of drug-likeness (QED) is 0.286. The number of benzene rings is 4. The third-order valence-electron chi connectivity index (χ3n) is 6.13. The number of aromatic amines is 4. The van der Waals surface area contributed by atoms with Crippen molar-refractivity contribution in [2.75, 3.05) is 0 Å². The molecule has 0 spiro atoms. The fourth-order valence-electron chi connectivity index (χ4n) is 4.43. The van der Waals surface area contributed by atoms with Crippen LogP contribution in [0, 0.1) is 0 Å². The number of aromatic nitrogens is 6. The lowest BCUT2D eigenvalue weighted by molar-refractivity contribution is 1.21. The van der Waals surface area contributed by atoms with Crippen LogP contribution in [0.2, 0.25) is 0 Å². The summed E-state index contributed by atoms with van der Waals surface area (Å²) in [7, 11) is 0. The maximum Gasteiger partial charge on any atom is 0.323 e. The van der Waals surface area contributed by atoms with Crippen molar-refractivity contribution < 1.29 is 0 Å². The summed E-state index contributed by atoms with van der Waals surface area (Å²) in [5.41, 5.74) is 9.21. The molecular weight excluding hydrogens is 424 g/mol. The molecule has 0 saturated heterocycles. The van der Waals surface area contributed by atoms with Crippen LogP contribution in [0.15, 0.2) is 89.7 Å². The first kappa shape index (κ1) is 18.6. The highest BCUT2D eigenvalue weighted by atomic mass is 16.1. The number of nitrogens with zero attached hydrogens (tertiary/aromatic N) is 2. The van der Waals surface area contributed by atoms with E-state index in [1.807, 2.05) is 54.6 Å². The van der Waals surface area contributed by atoms with E-state index in [1.54, 1.807) is 0 Å². The lowest BCUT2D eigenvalue weighted by Gasteiger charge is -2.00. The molecule has 0 bridgehead atoms. The topological polar surface area (TPSA) is 106 Å². The Morgan fingerprint density at radius 1 is 0.471 bits per heavy atom. The predicted molar refractivity (Wildman–Crippen MR) is 135 cm³/mol. The highest BCUT2D eigenvalue weighted by Crippen LogP contribution is 2.29. The van der Waals surface area contributed by atoms with E-state index < -0.39 is 0 Å². The SMILES string of the molecule is O=c1[nH]c2ccc(-c3nc4ccc(-c5nc6ccc(-c7ccccc7)cc6[nH]5)cc4[nH]3)cc2[nH]1. The molecule has 0 unspecified atom stereocenters. The molecule has 0 aliphatic carbocycles. The van der Waals surface area contributed by atoms with Gasteiger partial charge in [-0.15, -0.1) is 0 Å². The highest BCUT2D eigenvalue weighted by molar-refractivity contribution is 5.88. The van der Waals surface area contributed by atoms with Crippen LogP contribution in [0.1, 0.15) is 0 Å². The first-order valence-corrected chi connectivity index (χ1v) is 11.0. The molecule has 7 heteroatoms. The van der Waals surface area contributed by atoms with Gasteiger partial charge < -0.3 is 19.9 Å². The minimum atomic E-state index is -0.219. The zero-order chi connectivity index (χ0) is 22.6. The van der Waals surface area contributed by atoms with Crippen molar-refractivity contribution in [1.29, 1.82) is 0 Å². The van der Waals surface area contributed by atoms with Crippen molar-refractivity contribution in [2.45, 2.75) is 0 Å². The number of fused-ring (bicyclic) bond motifs is 3. The van der Waals surface area contributed by atoms with Gasteiger partial charge in [0.25, 0.3) is 0 Å². The van der Waals surface area contributed by atoms with Gasteiger partial charge in [-0.25, -0.2) is 14.8 Å². The van der Waals surface area contributed by atoms with E-state index in [0.717, 1.165) is 61.4 Å². The summed E-state index contributed by atoms with van der Waals surface area (Å²) in [5.74, 6) is 1.55. The van der Waals surface area contributed by atoms with Crippen molar-refractivity contribution >= 4 is 33.1 Å². The lowest BCUT2D eigenvalue weighted by atomic mass is 10.1. The summed E-state index contributed by atoms with van der Waals surface area (Å²) >= 11 is 0. The molecule has 7 rings (SSSR count). The molecule has 4 N–H and O–H groups in total. The van der Waals surface area contributed by atoms with Gasteiger partial charge in [-0.3, -0.25) is 0 Å². The molecule has 0 saturated carbocycles. The Bertz CT molecular complexity index is 1890. The zero-order valence-corrected chi connectivity index (χ0v) is 17.9. The molecule has 162 valence electrons. The van der Waals surface area contributed by atoms with Gasteiger partial charge >= 0.3 is 5.69 Å². The Kier molecular flexibility index (Phi) is 3.86. The standard InChI is InChI=1S/C27H18N6O/c34-27-32-21-11-8-18(14-24(21)33-27)26-29-20-10-7-17(13-23(20)31-26)25-28-19-9-6-16(12-22(19)30-25)15-4-2-1-3-5-15/h1-14H,(H,28,30)(H,29,31)(H2,32,33,34). The fraction of sp³-hybridized carbons (Fsp3) is 0. The summed E-state index contributed by atoms with van der Waals surface area (Å²) in [6.45, 7) is 0. The average molecular weight is 442 g/mol. The van der Waals surface area contributed by atoms with Crippen LogP contribution in [-0.4, -0.2) is 29.9 Å². The van der Waals surface area contributed by atoms with E-state index in [2.05, 4.69) is 50.3 Å². The number of hydrogen-bond donors (Lipinski definition) is 4. The van der Waals surface area contributed by atoms with Gasteiger partial charge in [-0.1, -0.05) is 36.4 Å². The molecular formula is C27H18N6O. The molecule has 7 nitrogen and oxygen atoms in total. The molecule has 0 aliphatic heterocycles. The van der Waals surface area contributed by atoms with E-state index in [0.29, 0.717) is 0 Å². The lowest BCUT2D eigenvalue weighted by Crippen LogP contribution is -1.99. The van der Waals surface area contributed by atoms with Crippen LogP contribution in [0.4, 0.5) is 0 Å². The molecule has 7 aromatic rings. The number of H-pyrrole nitrogens is 4. The van der Waals surface area contributed by atoms with Crippen LogP contribution >= 0.6 is 0 Å². The van der Waals surface area contributed by atoms with E-state index in [9.17, 15) is 4.79 Å². The van der Waals surface area contributed by atoms with E-state index >= 15 is 0 Å². The minimum Gasteiger partial charge on any atom is -0.338 e. The molecule has 0 radical (unpaired) electrons. The van der Waals surface area contributed by atoms with E-state index in [4.69, 9.17) is 9.97 Å². The molecule has 3 aromatic heterocycles. The third kappa shape index (κ3) is 3.02. The number of rotatable bonds is 3. The second-order valence-corrected chi connectivity index (χ2v) is 8.34. The summed E-state index contributed by atoms with van der Waals surface area (Å²) in [6.07, 6.45) is 0. The molecule has 0 amide bonds. The zero-order valence-electron chi connectivity index (χ0n) is 17.9. The van der Waals surface area contributed by atoms with Gasteiger partial charge in [0.2, 0.25) is 0 Å². The maximum atomic E-state index is 11.6. The Morgan fingerprint density at radius 2 is 1.03 bits per heavy atom. The van der Waals surface area contributed by atoms with Crippen molar-refractivity contribution in [2.24, 2.45) is 0 Å². The Morgan fingerprint density at radius 3 is 1.74 bits per heavy atom. The fourth-order valence-corrected chi connectivity index (χ4v) is 4.43. The molecule has 0 aliphatic rings.